The van der Waals surface area contributed by atoms with E-state index in [1.165, 1.54) is 19.3 Å². The van der Waals surface area contributed by atoms with Crippen molar-refractivity contribution in [2.75, 3.05) is 19.8 Å². The average molecular weight is 905 g/mol. The summed E-state index contributed by atoms with van der Waals surface area (Å²) >= 11 is 0. The number of aliphatic hydroxyl groups is 2. The second kappa shape index (κ2) is 27.5. The molecule has 2 aliphatic heterocycles. The molecule has 0 spiro atoms. The third kappa shape index (κ3) is 15.3. The number of ether oxygens (including phenoxy) is 9. The van der Waals surface area contributed by atoms with Crippen molar-refractivity contribution in [2.45, 2.75) is 140 Å². The summed E-state index contributed by atoms with van der Waals surface area (Å²) in [5.41, 5.74) is 4.77. The maximum atomic E-state index is 11.9. The quantitative estimate of drug-likeness (QED) is 0.0491. The van der Waals surface area contributed by atoms with Crippen LogP contribution in [-0.2, 0) is 75.7 Å². The van der Waals surface area contributed by atoms with Crippen LogP contribution in [0.3, 0.4) is 0 Å². The van der Waals surface area contributed by atoms with Gasteiger partial charge in [0.25, 0.3) is 0 Å². The minimum atomic E-state index is -1.41. The summed E-state index contributed by atoms with van der Waals surface area (Å²) in [5, 5.41) is 23.5. The zero-order valence-corrected chi connectivity index (χ0v) is 38.2. The van der Waals surface area contributed by atoms with Gasteiger partial charge in [-0.3, -0.25) is 0 Å². The van der Waals surface area contributed by atoms with Crippen molar-refractivity contribution in [2.24, 2.45) is 0 Å². The van der Waals surface area contributed by atoms with Crippen molar-refractivity contribution in [3.05, 3.63) is 179 Å². The second-order valence-corrected chi connectivity index (χ2v) is 17.1. The molecule has 66 heavy (non-hydrogen) atoms. The molecule has 0 amide bonds. The molecule has 354 valence electrons. The van der Waals surface area contributed by atoms with Crippen molar-refractivity contribution in [1.82, 2.24) is 0 Å². The number of aliphatic hydroxyl groups excluding tert-OH is 2. The highest BCUT2D eigenvalue weighted by Crippen LogP contribution is 2.35. The fraction of sp³-hybridized carbons (Fsp3) is 0.455. The van der Waals surface area contributed by atoms with E-state index in [9.17, 15) is 10.2 Å². The first-order chi connectivity index (χ1) is 32.6. The molecular weight excluding hydrogens is 837 g/mol. The third-order valence-corrected chi connectivity index (χ3v) is 12.0. The van der Waals surface area contributed by atoms with Gasteiger partial charge in [-0.05, 0) is 34.2 Å². The SMILES string of the molecule is CCCCCCCCO[C@@H]1O[C@H](COCc2ccccc2)[C@@H](O[C@@H]2O[C@H](COCc3ccccc3)[C@H](O)[C@H](O)[C@H]2OCc2ccccc2)[C@H](OCc2ccccc2)[C@H]1OCc1ccccc1. The molecule has 0 radical (unpaired) electrons. The fourth-order valence-corrected chi connectivity index (χ4v) is 8.28. The first-order valence-corrected chi connectivity index (χ1v) is 23.7. The lowest BCUT2D eigenvalue weighted by atomic mass is 9.96. The van der Waals surface area contributed by atoms with E-state index in [0.717, 1.165) is 47.1 Å². The van der Waals surface area contributed by atoms with Crippen molar-refractivity contribution < 1.29 is 52.8 Å². The predicted octanol–water partition coefficient (Wildman–Crippen LogP) is 9.11. The Morgan fingerprint density at radius 1 is 0.394 bits per heavy atom. The molecule has 2 fully saturated rings. The number of hydrogen-bond donors (Lipinski definition) is 2. The first-order valence-electron chi connectivity index (χ1n) is 23.7. The zero-order chi connectivity index (χ0) is 45.6. The van der Waals surface area contributed by atoms with Gasteiger partial charge in [0, 0.05) is 6.61 Å². The molecule has 2 heterocycles. The number of hydrogen-bond acceptors (Lipinski definition) is 11. The summed E-state index contributed by atoms with van der Waals surface area (Å²) in [5.74, 6) is 0. The summed E-state index contributed by atoms with van der Waals surface area (Å²) in [7, 11) is 0. The van der Waals surface area contributed by atoms with Crippen LogP contribution in [0.1, 0.15) is 73.3 Å². The highest BCUT2D eigenvalue weighted by molar-refractivity contribution is 5.17. The summed E-state index contributed by atoms with van der Waals surface area (Å²) in [6, 6.07) is 49.3. The molecule has 0 aliphatic carbocycles. The Hall–Kier alpha value is -4.34. The number of rotatable bonds is 27. The lowest BCUT2D eigenvalue weighted by Gasteiger charge is -2.49. The van der Waals surface area contributed by atoms with Gasteiger partial charge in [0.05, 0.1) is 46.2 Å². The van der Waals surface area contributed by atoms with Crippen LogP contribution >= 0.6 is 0 Å². The standard InChI is InChI=1S/C55H68O11/c1-2-3-4-5-6-22-33-60-54-53(63-38-45-31-20-11-21-32-45)52(62-37-44-29-18-10-19-30-44)50(47(65-54)40-59-35-42-25-14-8-15-26-42)66-55-51(61-36-43-27-16-9-17-28-43)49(57)48(56)46(64-55)39-58-34-41-23-12-7-13-24-41/h7-21,23-32,46-57H,2-6,22,33-40H2,1H3/t46-,47-,48+,49+,50-,51-,52+,53-,54-,55+/m1/s1. The molecule has 0 unspecified atom stereocenters. The summed E-state index contributed by atoms with van der Waals surface area (Å²) < 4.78 is 60.2. The van der Waals surface area contributed by atoms with Crippen LogP contribution in [0.15, 0.2) is 152 Å². The molecule has 10 atom stereocenters. The minimum Gasteiger partial charge on any atom is -0.387 e. The molecule has 5 aromatic carbocycles. The second-order valence-electron chi connectivity index (χ2n) is 17.1. The number of benzene rings is 5. The van der Waals surface area contributed by atoms with Gasteiger partial charge >= 0.3 is 0 Å². The van der Waals surface area contributed by atoms with Crippen LogP contribution in [0.4, 0.5) is 0 Å². The van der Waals surface area contributed by atoms with Gasteiger partial charge in [-0.25, -0.2) is 0 Å². The van der Waals surface area contributed by atoms with Gasteiger partial charge in [0.15, 0.2) is 12.6 Å². The average Bonchev–Trinajstić information content (AvgIpc) is 3.36. The molecule has 0 bridgehead atoms. The maximum Gasteiger partial charge on any atom is 0.187 e. The Labute approximate surface area is 390 Å². The van der Waals surface area contributed by atoms with E-state index in [1.807, 2.05) is 152 Å². The highest BCUT2D eigenvalue weighted by Gasteiger charge is 2.53. The molecule has 2 saturated heterocycles. The Kier molecular flexibility index (Phi) is 20.6. The van der Waals surface area contributed by atoms with E-state index in [-0.39, 0.29) is 39.6 Å². The van der Waals surface area contributed by atoms with Crippen molar-refractivity contribution in [3.63, 3.8) is 0 Å². The highest BCUT2D eigenvalue weighted by atomic mass is 16.8. The van der Waals surface area contributed by atoms with Gasteiger partial charge < -0.3 is 52.8 Å². The monoisotopic (exact) mass is 904 g/mol. The lowest BCUT2D eigenvalue weighted by molar-refractivity contribution is -0.373. The van der Waals surface area contributed by atoms with Gasteiger partial charge in [0.1, 0.15) is 48.8 Å². The van der Waals surface area contributed by atoms with E-state index < -0.39 is 61.4 Å². The van der Waals surface area contributed by atoms with E-state index >= 15 is 0 Å². The van der Waals surface area contributed by atoms with Crippen molar-refractivity contribution in [1.29, 1.82) is 0 Å². The molecule has 11 heteroatoms. The summed E-state index contributed by atoms with van der Waals surface area (Å²) in [6.45, 7) is 4.00. The van der Waals surface area contributed by atoms with E-state index in [2.05, 4.69) is 6.92 Å². The smallest absolute Gasteiger partial charge is 0.187 e. The van der Waals surface area contributed by atoms with Crippen molar-refractivity contribution >= 4 is 0 Å². The van der Waals surface area contributed by atoms with Crippen LogP contribution < -0.4 is 0 Å². The van der Waals surface area contributed by atoms with Crippen LogP contribution in [0.25, 0.3) is 0 Å². The van der Waals surface area contributed by atoms with Gasteiger partial charge in [0.2, 0.25) is 0 Å². The normalized spacial score (nSPS) is 25.4. The predicted molar refractivity (Wildman–Crippen MR) is 251 cm³/mol. The Morgan fingerprint density at radius 3 is 1.30 bits per heavy atom. The summed E-state index contributed by atoms with van der Waals surface area (Å²) in [4.78, 5) is 0. The largest absolute Gasteiger partial charge is 0.387 e. The topological polar surface area (TPSA) is 124 Å². The molecule has 11 nitrogen and oxygen atoms in total. The fourth-order valence-electron chi connectivity index (χ4n) is 8.28. The maximum absolute atomic E-state index is 11.9. The molecule has 0 saturated carbocycles. The van der Waals surface area contributed by atoms with Gasteiger partial charge in [-0.15, -0.1) is 0 Å². The van der Waals surface area contributed by atoms with Crippen molar-refractivity contribution in [3.8, 4) is 0 Å². The van der Waals surface area contributed by atoms with Gasteiger partial charge in [-0.2, -0.15) is 0 Å². The molecule has 2 N–H and O–H groups in total. The van der Waals surface area contributed by atoms with E-state index in [4.69, 9.17) is 42.6 Å². The zero-order valence-electron chi connectivity index (χ0n) is 38.2. The number of unbranched alkanes of at least 4 members (excludes halogenated alkanes) is 5. The Morgan fingerprint density at radius 2 is 0.803 bits per heavy atom. The van der Waals surface area contributed by atoms with E-state index in [0.29, 0.717) is 13.2 Å². The van der Waals surface area contributed by atoms with Crippen LogP contribution in [-0.4, -0.2) is 91.4 Å². The van der Waals surface area contributed by atoms with Gasteiger partial charge in [-0.1, -0.05) is 191 Å². The van der Waals surface area contributed by atoms with Crippen LogP contribution in [0.5, 0.6) is 0 Å². The van der Waals surface area contributed by atoms with E-state index in [1.54, 1.807) is 0 Å². The molecular formula is C55H68O11. The lowest BCUT2D eigenvalue weighted by Crippen LogP contribution is -2.66. The Bertz CT molecular complexity index is 2010. The molecule has 5 aromatic rings. The first kappa shape index (κ1) is 49.6. The van der Waals surface area contributed by atoms with Crippen LogP contribution in [0, 0.1) is 0 Å². The van der Waals surface area contributed by atoms with Crippen LogP contribution in [0.2, 0.25) is 0 Å². The molecule has 0 aromatic heterocycles. The third-order valence-electron chi connectivity index (χ3n) is 12.0. The molecule has 7 rings (SSSR count). The molecule has 2 aliphatic rings. The summed E-state index contributed by atoms with van der Waals surface area (Å²) in [6.07, 6.45) is -3.55. The Balaban J connectivity index is 1.21. The minimum absolute atomic E-state index is 0.0196.